The van der Waals surface area contributed by atoms with Crippen molar-refractivity contribution in [3.05, 3.63) is 27.6 Å². The molecule has 20 heavy (non-hydrogen) atoms. The number of aliphatic carboxylic acids is 1. The van der Waals surface area contributed by atoms with E-state index in [9.17, 15) is 19.5 Å². The molecule has 0 radical (unpaired) electrons. The van der Waals surface area contributed by atoms with Crippen LogP contribution in [0.1, 0.15) is 0 Å². The van der Waals surface area contributed by atoms with Crippen LogP contribution in [0.15, 0.2) is 16.9 Å². The van der Waals surface area contributed by atoms with Crippen LogP contribution in [-0.2, 0) is 22.7 Å². The zero-order valence-electron chi connectivity index (χ0n) is 10.5. The average molecular weight is 304 g/mol. The van der Waals surface area contributed by atoms with Crippen molar-refractivity contribution in [2.24, 2.45) is 0 Å². The molecule has 1 aliphatic rings. The van der Waals surface area contributed by atoms with Gasteiger partial charge in [0.25, 0.3) is 0 Å². The van der Waals surface area contributed by atoms with E-state index in [4.69, 9.17) is 11.6 Å². The van der Waals surface area contributed by atoms with E-state index in [0.717, 1.165) is 4.57 Å². The summed E-state index contributed by atoms with van der Waals surface area (Å²) in [6, 6.07) is 3.04. The molecule has 7 nitrogen and oxygen atoms in total. The number of nitrogens with one attached hydrogen (secondary N) is 1. The second-order valence-electron chi connectivity index (χ2n) is 4.17. The fraction of sp³-hybridized carbons (Fsp3) is 0.182. The molecule has 0 fully saturated rings. The SMILES string of the molecule is O=C([O-])Cn1c(=O)n2c3c(c(Cl)ccc31)NC(=O)C2.[Na+]. The maximum atomic E-state index is 12.1. The predicted octanol–water partition coefficient (Wildman–Crippen LogP) is -3.84. The van der Waals surface area contributed by atoms with Crippen molar-refractivity contribution in [1.82, 2.24) is 9.13 Å². The number of carboxylic acid groups (broad SMARTS) is 1. The van der Waals surface area contributed by atoms with Crippen LogP contribution in [0.2, 0.25) is 5.02 Å². The number of anilines is 1. The molecule has 9 heteroatoms. The van der Waals surface area contributed by atoms with Gasteiger partial charge in [-0.05, 0) is 12.1 Å². The van der Waals surface area contributed by atoms with E-state index in [1.165, 1.54) is 10.6 Å². The zero-order valence-corrected chi connectivity index (χ0v) is 13.2. The second kappa shape index (κ2) is 5.25. The van der Waals surface area contributed by atoms with Gasteiger partial charge < -0.3 is 15.2 Å². The van der Waals surface area contributed by atoms with Crippen molar-refractivity contribution in [2.45, 2.75) is 13.1 Å². The van der Waals surface area contributed by atoms with E-state index in [-0.39, 0.29) is 42.0 Å². The largest absolute Gasteiger partial charge is 1.00 e. The number of hydrogen-bond acceptors (Lipinski definition) is 4. The Balaban J connectivity index is 0.00000147. The number of nitrogens with zero attached hydrogens (tertiary/aromatic N) is 2. The van der Waals surface area contributed by atoms with Gasteiger partial charge in [-0.2, -0.15) is 0 Å². The van der Waals surface area contributed by atoms with E-state index < -0.39 is 18.2 Å². The molecule has 3 rings (SSSR count). The quantitative estimate of drug-likeness (QED) is 0.575. The van der Waals surface area contributed by atoms with Gasteiger partial charge in [-0.1, -0.05) is 11.6 Å². The fourth-order valence-corrected chi connectivity index (χ4v) is 2.46. The van der Waals surface area contributed by atoms with E-state index >= 15 is 0 Å². The summed E-state index contributed by atoms with van der Waals surface area (Å²) in [4.78, 5) is 34.3. The molecule has 1 N–H and O–H groups in total. The van der Waals surface area contributed by atoms with Gasteiger partial charge in [0.05, 0.1) is 34.3 Å². The van der Waals surface area contributed by atoms with Gasteiger partial charge in [0.1, 0.15) is 6.54 Å². The second-order valence-corrected chi connectivity index (χ2v) is 4.57. The summed E-state index contributed by atoms with van der Waals surface area (Å²) in [6.45, 7) is -0.736. The molecule has 1 aromatic carbocycles. The normalized spacial score (nSPS) is 12.9. The summed E-state index contributed by atoms with van der Waals surface area (Å²) in [5, 5.41) is 13.6. The Hall–Kier alpha value is -1.28. The Morgan fingerprint density at radius 3 is 2.75 bits per heavy atom. The minimum Gasteiger partial charge on any atom is -0.548 e. The summed E-state index contributed by atoms with van der Waals surface area (Å²) in [5.74, 6) is -1.76. The first-order valence-electron chi connectivity index (χ1n) is 5.40. The number of halogens is 1. The van der Waals surface area contributed by atoms with Gasteiger partial charge in [-0.15, -0.1) is 0 Å². The van der Waals surface area contributed by atoms with Crippen molar-refractivity contribution >= 4 is 40.2 Å². The molecule has 1 amide bonds. The number of imidazole rings is 1. The van der Waals surface area contributed by atoms with E-state index in [1.807, 2.05) is 0 Å². The molecular weight excluding hydrogens is 297 g/mol. The molecule has 1 aromatic heterocycles. The van der Waals surface area contributed by atoms with Crippen LogP contribution in [0, 0.1) is 0 Å². The number of carboxylic acids is 1. The molecule has 0 aliphatic carbocycles. The first-order chi connectivity index (χ1) is 8.99. The molecule has 1 aliphatic heterocycles. The number of carbonyl (C=O) groups excluding carboxylic acids is 2. The molecule has 0 spiro atoms. The monoisotopic (exact) mass is 303 g/mol. The van der Waals surface area contributed by atoms with Crippen LogP contribution in [0.4, 0.5) is 5.69 Å². The molecule has 2 aromatic rings. The summed E-state index contributed by atoms with van der Waals surface area (Å²) < 4.78 is 2.25. The predicted molar refractivity (Wildman–Crippen MR) is 64.8 cm³/mol. The third kappa shape index (κ3) is 2.16. The van der Waals surface area contributed by atoms with E-state index in [1.54, 1.807) is 6.07 Å². The van der Waals surface area contributed by atoms with Crippen LogP contribution >= 0.6 is 11.6 Å². The Morgan fingerprint density at radius 1 is 1.40 bits per heavy atom. The van der Waals surface area contributed by atoms with Crippen molar-refractivity contribution < 1.29 is 44.3 Å². The smallest absolute Gasteiger partial charge is 0.548 e. The third-order valence-electron chi connectivity index (χ3n) is 2.98. The maximum absolute atomic E-state index is 12.1. The van der Waals surface area contributed by atoms with Crippen LogP contribution < -0.4 is 45.7 Å². The van der Waals surface area contributed by atoms with Gasteiger partial charge in [-0.3, -0.25) is 13.9 Å². The van der Waals surface area contributed by atoms with Crippen LogP contribution in [0.25, 0.3) is 11.0 Å². The number of rotatable bonds is 2. The first-order valence-corrected chi connectivity index (χ1v) is 5.78. The molecule has 2 heterocycles. The topological polar surface area (TPSA) is 96.2 Å². The van der Waals surface area contributed by atoms with Gasteiger partial charge in [0.15, 0.2) is 0 Å². The van der Waals surface area contributed by atoms with E-state index in [2.05, 4.69) is 5.32 Å². The van der Waals surface area contributed by atoms with Crippen LogP contribution in [0.3, 0.4) is 0 Å². The Labute approximate surface area is 139 Å². The Bertz CT molecular complexity index is 795. The third-order valence-corrected chi connectivity index (χ3v) is 3.30. The van der Waals surface area contributed by atoms with Crippen LogP contribution in [0.5, 0.6) is 0 Å². The minimum absolute atomic E-state index is 0. The molecule has 0 bridgehead atoms. The van der Waals surface area contributed by atoms with Gasteiger partial charge >= 0.3 is 35.2 Å². The molecular formula is C11H7ClN3NaO4. The summed E-state index contributed by atoms with van der Waals surface area (Å²) in [5.41, 5.74) is 0.578. The van der Waals surface area contributed by atoms with Crippen molar-refractivity contribution in [3.8, 4) is 0 Å². The zero-order chi connectivity index (χ0) is 13.7. The van der Waals surface area contributed by atoms with Gasteiger partial charge in [-0.25, -0.2) is 4.79 Å². The number of hydrogen-bond donors (Lipinski definition) is 1. The van der Waals surface area contributed by atoms with Gasteiger partial charge in [0.2, 0.25) is 5.91 Å². The Morgan fingerprint density at radius 2 is 2.10 bits per heavy atom. The fourth-order valence-electron chi connectivity index (χ4n) is 2.26. The van der Waals surface area contributed by atoms with E-state index in [0.29, 0.717) is 21.7 Å². The number of carbonyl (C=O) groups is 2. The summed E-state index contributed by atoms with van der Waals surface area (Å²) >= 11 is 5.97. The summed E-state index contributed by atoms with van der Waals surface area (Å²) in [6.07, 6.45) is 0. The number of benzene rings is 1. The maximum Gasteiger partial charge on any atom is 1.00 e. The van der Waals surface area contributed by atoms with Crippen molar-refractivity contribution in [2.75, 3.05) is 5.32 Å². The standard InChI is InChI=1S/C11H8ClN3O4.Na/c12-5-1-2-6-10-9(5)13-7(16)3-15(10)11(19)14(6)4-8(17)18;/h1-2H,3-4H2,(H,13,16)(H,17,18);/q;+1/p-1. The van der Waals surface area contributed by atoms with Crippen LogP contribution in [-0.4, -0.2) is 21.0 Å². The number of aromatic nitrogens is 2. The molecule has 0 saturated carbocycles. The summed E-state index contributed by atoms with van der Waals surface area (Å²) in [7, 11) is 0. The molecule has 0 atom stereocenters. The molecule has 98 valence electrons. The molecule has 0 saturated heterocycles. The first kappa shape index (κ1) is 15.1. The van der Waals surface area contributed by atoms with Crippen molar-refractivity contribution in [1.29, 1.82) is 0 Å². The number of amides is 1. The van der Waals surface area contributed by atoms with Gasteiger partial charge in [0, 0.05) is 0 Å². The molecule has 0 unspecified atom stereocenters. The van der Waals surface area contributed by atoms with Crippen molar-refractivity contribution in [3.63, 3.8) is 0 Å². The Kier molecular flexibility index (Phi) is 3.97. The minimum atomic E-state index is -1.38. The average Bonchev–Trinajstić information content (AvgIpc) is 2.59.